The Morgan fingerprint density at radius 1 is 0.929 bits per heavy atom. The average molecular weight is 614 g/mol. The number of benzene rings is 2. The zero-order chi connectivity index (χ0) is 30.3. The van der Waals surface area contributed by atoms with Crippen molar-refractivity contribution >= 4 is 27.9 Å². The quantitative estimate of drug-likeness (QED) is 0.213. The van der Waals surface area contributed by atoms with Crippen molar-refractivity contribution in [2.75, 3.05) is 11.4 Å². The van der Waals surface area contributed by atoms with Gasteiger partial charge >= 0.3 is 12.0 Å². The first-order valence-corrected chi connectivity index (χ1v) is 14.5. The first-order chi connectivity index (χ1) is 19.9. The number of nitrogens with zero attached hydrogens (tertiary/aromatic N) is 3. The molecule has 1 aliphatic heterocycles. The molecule has 9 nitrogen and oxygen atoms in total. The van der Waals surface area contributed by atoms with Crippen molar-refractivity contribution in [3.8, 4) is 0 Å². The molecule has 224 valence electrons. The van der Waals surface area contributed by atoms with Gasteiger partial charge in [0.2, 0.25) is 21.7 Å². The van der Waals surface area contributed by atoms with Gasteiger partial charge in [-0.05, 0) is 36.3 Å². The maximum atomic E-state index is 14.4. The monoisotopic (exact) mass is 613 g/mol. The van der Waals surface area contributed by atoms with Crippen LogP contribution in [-0.2, 0) is 21.4 Å². The lowest BCUT2D eigenvalue weighted by Crippen LogP contribution is -2.59. The van der Waals surface area contributed by atoms with Gasteiger partial charge in [0, 0.05) is 6.54 Å². The third kappa shape index (κ3) is 5.26. The van der Waals surface area contributed by atoms with E-state index in [-0.39, 0.29) is 13.0 Å². The fourth-order valence-electron chi connectivity index (χ4n) is 5.25. The van der Waals surface area contributed by atoms with Crippen LogP contribution in [0.5, 0.6) is 0 Å². The fraction of sp³-hybridized carbons (Fsp3) is 0.370. The van der Waals surface area contributed by atoms with E-state index < -0.39 is 80.2 Å². The standard InChI is InChI=1S/C27H24F5N3O6S/c28-19-20(29)22(31)24(23(32)21(19)30)42(39,40)35-11-10-18(35)25(36)34(27-33-17(13-41-27)26(37)38)12-14-6-8-16(9-7-14)15-4-2-1-3-5-15/h6-9,13,15,18H,1-5,10-12H2,(H,37,38)/t18-/m1/s1. The van der Waals surface area contributed by atoms with Gasteiger partial charge < -0.3 is 9.52 Å². The van der Waals surface area contributed by atoms with Crippen LogP contribution >= 0.6 is 0 Å². The molecule has 2 heterocycles. The summed E-state index contributed by atoms with van der Waals surface area (Å²) in [5.41, 5.74) is 1.11. The molecule has 0 bridgehead atoms. The Balaban J connectivity index is 1.45. The molecule has 1 aliphatic carbocycles. The van der Waals surface area contributed by atoms with E-state index in [0.29, 0.717) is 15.8 Å². The molecule has 0 spiro atoms. The van der Waals surface area contributed by atoms with E-state index in [1.165, 1.54) is 6.42 Å². The van der Waals surface area contributed by atoms with Gasteiger partial charge in [-0.2, -0.15) is 9.29 Å². The van der Waals surface area contributed by atoms with E-state index in [2.05, 4.69) is 4.98 Å². The number of oxazole rings is 1. The molecule has 0 radical (unpaired) electrons. The number of sulfonamides is 1. The summed E-state index contributed by atoms with van der Waals surface area (Å²) in [6, 6.07) is 5.16. The fourth-order valence-corrected chi connectivity index (χ4v) is 6.99. The minimum Gasteiger partial charge on any atom is -0.476 e. The number of carboxylic acids is 1. The van der Waals surface area contributed by atoms with Crippen molar-refractivity contribution in [3.05, 3.63) is 76.4 Å². The van der Waals surface area contributed by atoms with Gasteiger partial charge in [0.25, 0.3) is 0 Å². The van der Waals surface area contributed by atoms with Gasteiger partial charge in [-0.25, -0.2) is 35.2 Å². The van der Waals surface area contributed by atoms with Crippen molar-refractivity contribution in [1.82, 2.24) is 9.29 Å². The minimum atomic E-state index is -5.39. The number of carbonyl (C=O) groups excluding carboxylic acids is 1. The number of aromatic nitrogens is 1. The lowest BCUT2D eigenvalue weighted by Gasteiger charge is -2.40. The van der Waals surface area contributed by atoms with Crippen LogP contribution in [-0.4, -0.2) is 47.3 Å². The topological polar surface area (TPSA) is 121 Å². The van der Waals surface area contributed by atoms with Crippen molar-refractivity contribution in [1.29, 1.82) is 0 Å². The van der Waals surface area contributed by atoms with E-state index >= 15 is 0 Å². The number of carbonyl (C=O) groups is 2. The Morgan fingerprint density at radius 3 is 2.05 bits per heavy atom. The van der Waals surface area contributed by atoms with Crippen molar-refractivity contribution in [2.45, 2.75) is 61.9 Å². The smallest absolute Gasteiger partial charge is 0.357 e. The lowest BCUT2D eigenvalue weighted by molar-refractivity contribution is -0.125. The first kappa shape index (κ1) is 29.6. The summed E-state index contributed by atoms with van der Waals surface area (Å²) >= 11 is 0. The number of halogens is 5. The number of carboxylic acid groups (broad SMARTS) is 1. The molecular formula is C27H24F5N3O6S. The molecule has 3 aromatic rings. The Hall–Kier alpha value is -3.85. The molecule has 1 atom stereocenters. The largest absolute Gasteiger partial charge is 0.476 e. The second-order valence-electron chi connectivity index (χ2n) is 10.1. The molecule has 1 saturated carbocycles. The van der Waals surface area contributed by atoms with Crippen LogP contribution < -0.4 is 4.90 Å². The van der Waals surface area contributed by atoms with Gasteiger partial charge in [0.1, 0.15) is 12.3 Å². The predicted molar refractivity (Wildman–Crippen MR) is 135 cm³/mol. The third-order valence-electron chi connectivity index (χ3n) is 7.60. The number of rotatable bonds is 8. The average Bonchev–Trinajstić information content (AvgIpc) is 3.44. The molecule has 1 saturated heterocycles. The summed E-state index contributed by atoms with van der Waals surface area (Å²) in [5, 5.41) is 9.25. The highest BCUT2D eigenvalue weighted by Gasteiger charge is 2.48. The first-order valence-electron chi connectivity index (χ1n) is 13.0. The second-order valence-corrected chi connectivity index (χ2v) is 12.0. The van der Waals surface area contributed by atoms with Crippen molar-refractivity contribution < 1.29 is 49.5 Å². The molecule has 42 heavy (non-hydrogen) atoms. The van der Waals surface area contributed by atoms with Crippen LogP contribution in [0.2, 0.25) is 0 Å². The molecule has 0 unspecified atom stereocenters. The highest BCUT2D eigenvalue weighted by Crippen LogP contribution is 2.36. The zero-order valence-electron chi connectivity index (χ0n) is 21.8. The number of aromatic carboxylic acids is 1. The molecular weight excluding hydrogens is 589 g/mol. The maximum Gasteiger partial charge on any atom is 0.357 e. The SMILES string of the molecule is O=C(O)c1coc(N(Cc2ccc(C3CCCCC3)cc2)C(=O)[C@H]2CCN2S(=O)(=O)c2c(F)c(F)c(F)c(F)c2F)n1. The number of anilines is 1. The van der Waals surface area contributed by atoms with Gasteiger partial charge in [-0.15, -0.1) is 0 Å². The van der Waals surface area contributed by atoms with E-state index in [0.717, 1.165) is 42.4 Å². The van der Waals surface area contributed by atoms with Crippen LogP contribution in [0.4, 0.5) is 28.0 Å². The third-order valence-corrected chi connectivity index (χ3v) is 9.53. The summed E-state index contributed by atoms with van der Waals surface area (Å²) in [7, 11) is -5.39. The summed E-state index contributed by atoms with van der Waals surface area (Å²) in [5.74, 6) is -14.6. The van der Waals surface area contributed by atoms with Gasteiger partial charge in [-0.3, -0.25) is 9.69 Å². The highest BCUT2D eigenvalue weighted by molar-refractivity contribution is 7.89. The summed E-state index contributed by atoms with van der Waals surface area (Å²) < 4.78 is 102. The molecule has 1 aromatic heterocycles. The molecule has 2 aromatic carbocycles. The van der Waals surface area contributed by atoms with Crippen LogP contribution in [0.3, 0.4) is 0 Å². The van der Waals surface area contributed by atoms with E-state index in [9.17, 15) is 45.1 Å². The molecule has 1 N–H and O–H groups in total. The van der Waals surface area contributed by atoms with Crippen LogP contribution in [0.1, 0.15) is 66.1 Å². The van der Waals surface area contributed by atoms with Crippen molar-refractivity contribution in [3.63, 3.8) is 0 Å². The minimum absolute atomic E-state index is 0.170. The van der Waals surface area contributed by atoms with E-state index in [4.69, 9.17) is 4.42 Å². The Labute approximate surface area is 236 Å². The predicted octanol–water partition coefficient (Wildman–Crippen LogP) is 5.11. The van der Waals surface area contributed by atoms with Gasteiger partial charge in [-0.1, -0.05) is 43.5 Å². The number of hydrogen-bond donors (Lipinski definition) is 1. The zero-order valence-corrected chi connectivity index (χ0v) is 22.6. The number of amides is 1. The summed E-state index contributed by atoms with van der Waals surface area (Å²) in [4.78, 5) is 27.6. The Morgan fingerprint density at radius 2 is 1.52 bits per heavy atom. The molecule has 15 heteroatoms. The van der Waals surface area contributed by atoms with E-state index in [1.807, 2.05) is 12.1 Å². The Kier molecular flexibility index (Phi) is 8.07. The molecule has 2 fully saturated rings. The second kappa shape index (κ2) is 11.4. The number of hydrogen-bond acceptors (Lipinski definition) is 6. The molecule has 5 rings (SSSR count). The van der Waals surface area contributed by atoms with Crippen LogP contribution in [0, 0.1) is 29.1 Å². The lowest BCUT2D eigenvalue weighted by atomic mass is 9.84. The maximum absolute atomic E-state index is 14.4. The molecule has 1 amide bonds. The van der Waals surface area contributed by atoms with Gasteiger partial charge in [0.05, 0.1) is 6.54 Å². The highest BCUT2D eigenvalue weighted by atomic mass is 32.2. The van der Waals surface area contributed by atoms with E-state index in [1.54, 1.807) is 12.1 Å². The van der Waals surface area contributed by atoms with Crippen LogP contribution in [0.15, 0.2) is 39.8 Å². The normalized spacial score (nSPS) is 18.1. The van der Waals surface area contributed by atoms with Crippen molar-refractivity contribution in [2.24, 2.45) is 0 Å². The van der Waals surface area contributed by atoms with Crippen LogP contribution in [0.25, 0.3) is 0 Å². The Bertz CT molecular complexity index is 1610. The summed E-state index contributed by atoms with van der Waals surface area (Å²) in [6.07, 6.45) is 6.12. The summed E-state index contributed by atoms with van der Waals surface area (Å²) in [6.45, 7) is -0.718. The van der Waals surface area contributed by atoms with Gasteiger partial charge in [0.15, 0.2) is 33.9 Å². The molecule has 2 aliphatic rings.